The second-order valence-electron chi connectivity index (χ2n) is 10.4. The van der Waals surface area contributed by atoms with Gasteiger partial charge in [-0.25, -0.2) is 9.78 Å². The van der Waals surface area contributed by atoms with Gasteiger partial charge in [-0.1, -0.05) is 18.3 Å². The van der Waals surface area contributed by atoms with Crippen LogP contribution in [0.3, 0.4) is 0 Å². The number of amides is 1. The van der Waals surface area contributed by atoms with E-state index in [-0.39, 0.29) is 46.8 Å². The number of thiazole rings is 1. The van der Waals surface area contributed by atoms with Crippen molar-refractivity contribution in [3.63, 3.8) is 0 Å². The van der Waals surface area contributed by atoms with Crippen LogP contribution in [0.15, 0.2) is 23.2 Å². The molecule has 0 saturated carbocycles. The monoisotopic (exact) mass is 623 g/mol. The number of aryl methyl sites for hydroxylation is 1. The average molecular weight is 624 g/mol. The highest BCUT2D eigenvalue weighted by Crippen LogP contribution is 2.43. The Balaban J connectivity index is 2.06. The highest BCUT2D eigenvalue weighted by Gasteiger charge is 2.51. The minimum Gasteiger partial charge on any atom is -0.486 e. The SMILES string of the molecule is CCOc1sc(CC)nc1S(=O)(=O)N1CC(CC(C)(C)C(=O)O)Oc2ccc(NC(=O)OC(C)(C)C(F)(F)F)cc21. The zero-order chi connectivity index (χ0) is 31.0. The quantitative estimate of drug-likeness (QED) is 0.353. The molecule has 1 aliphatic heterocycles. The first kappa shape index (κ1) is 32.2. The summed E-state index contributed by atoms with van der Waals surface area (Å²) < 4.78 is 84.6. The van der Waals surface area contributed by atoms with E-state index in [1.54, 1.807) is 13.8 Å². The van der Waals surface area contributed by atoms with Crippen LogP contribution in [0.4, 0.5) is 29.3 Å². The second kappa shape index (κ2) is 11.5. The smallest absolute Gasteiger partial charge is 0.427 e. The number of carbonyl (C=O) groups is 2. The number of anilines is 2. The lowest BCUT2D eigenvalue weighted by Crippen LogP contribution is -2.46. The predicted octanol–water partition coefficient (Wildman–Crippen LogP) is 5.45. The van der Waals surface area contributed by atoms with Gasteiger partial charge >= 0.3 is 18.2 Å². The number of sulfonamides is 1. The van der Waals surface area contributed by atoms with Gasteiger partial charge in [0.2, 0.25) is 15.7 Å². The van der Waals surface area contributed by atoms with E-state index < -0.39 is 45.4 Å². The summed E-state index contributed by atoms with van der Waals surface area (Å²) in [6.07, 6.45) is -6.74. The van der Waals surface area contributed by atoms with E-state index >= 15 is 0 Å². The van der Waals surface area contributed by atoms with Gasteiger partial charge in [-0.2, -0.15) is 21.6 Å². The molecule has 1 amide bonds. The van der Waals surface area contributed by atoms with Crippen molar-refractivity contribution in [2.45, 2.75) is 77.3 Å². The summed E-state index contributed by atoms with van der Waals surface area (Å²) in [5.41, 5.74) is -4.17. The fraction of sp³-hybridized carbons (Fsp3) is 0.560. The van der Waals surface area contributed by atoms with E-state index in [0.717, 1.165) is 15.6 Å². The highest BCUT2D eigenvalue weighted by molar-refractivity contribution is 7.93. The first-order chi connectivity index (χ1) is 18.8. The summed E-state index contributed by atoms with van der Waals surface area (Å²) in [6, 6.07) is 3.82. The van der Waals surface area contributed by atoms with Crippen LogP contribution < -0.4 is 19.1 Å². The van der Waals surface area contributed by atoms with E-state index in [1.807, 2.05) is 0 Å². The molecule has 1 atom stereocenters. The van der Waals surface area contributed by atoms with Crippen LogP contribution in [0.2, 0.25) is 0 Å². The third kappa shape index (κ3) is 6.97. The number of carboxylic acid groups (broad SMARTS) is 1. The maximum atomic E-state index is 14.0. The molecule has 16 heteroatoms. The summed E-state index contributed by atoms with van der Waals surface area (Å²) in [4.78, 5) is 28.3. The van der Waals surface area contributed by atoms with Gasteiger partial charge in [-0.15, -0.1) is 0 Å². The second-order valence-corrected chi connectivity index (χ2v) is 13.2. The molecule has 0 radical (unpaired) electrons. The van der Waals surface area contributed by atoms with Crippen LogP contribution in [0.25, 0.3) is 0 Å². The van der Waals surface area contributed by atoms with Crippen LogP contribution in [0, 0.1) is 5.41 Å². The molecular formula is C25H32F3N3O8S2. The summed E-state index contributed by atoms with van der Waals surface area (Å²) in [5.74, 6) is -1.06. The minimum atomic E-state index is -4.83. The van der Waals surface area contributed by atoms with Crippen molar-refractivity contribution < 1.29 is 50.5 Å². The average Bonchev–Trinajstić information content (AvgIpc) is 3.26. The lowest BCUT2D eigenvalue weighted by molar-refractivity contribution is -0.242. The fourth-order valence-electron chi connectivity index (χ4n) is 3.79. The topological polar surface area (TPSA) is 144 Å². The Morgan fingerprint density at radius 1 is 1.22 bits per heavy atom. The lowest BCUT2D eigenvalue weighted by atomic mass is 9.86. The number of carboxylic acids is 1. The number of aromatic nitrogens is 1. The number of aliphatic carboxylic acids is 1. The lowest BCUT2D eigenvalue weighted by Gasteiger charge is -2.37. The number of hydrogen-bond acceptors (Lipinski definition) is 9. The van der Waals surface area contributed by atoms with Crippen LogP contribution in [-0.4, -0.2) is 61.6 Å². The molecular weight excluding hydrogens is 591 g/mol. The van der Waals surface area contributed by atoms with Crippen molar-refractivity contribution in [1.29, 1.82) is 0 Å². The molecule has 2 aromatic rings. The summed E-state index contributed by atoms with van der Waals surface area (Å²) in [7, 11) is -4.43. The van der Waals surface area contributed by atoms with Crippen molar-refractivity contribution in [3.8, 4) is 10.8 Å². The number of nitrogens with one attached hydrogen (secondary N) is 1. The van der Waals surface area contributed by atoms with E-state index in [1.165, 1.54) is 32.0 Å². The fourth-order valence-corrected chi connectivity index (χ4v) is 6.56. The number of ether oxygens (including phenoxy) is 3. The van der Waals surface area contributed by atoms with E-state index in [2.05, 4.69) is 15.0 Å². The van der Waals surface area contributed by atoms with Crippen LogP contribution in [-0.2, 0) is 26.0 Å². The van der Waals surface area contributed by atoms with Gasteiger partial charge in [0.25, 0.3) is 10.0 Å². The molecule has 2 N–H and O–H groups in total. The standard InChI is InChI=1S/C25H32F3N3O8S2/c1-7-18-30-19(20(40-18)37-8-2)41(35,36)31-13-15(12-23(3,4)21(32)33)38-17-10-9-14(11-16(17)31)29-22(34)39-24(5,6)25(26,27)28/h9-11,15H,7-8,12-13H2,1-6H3,(H,29,34)(H,32,33). The molecule has 1 unspecified atom stereocenters. The first-order valence-electron chi connectivity index (χ1n) is 12.6. The number of fused-ring (bicyclic) bond motifs is 1. The summed E-state index contributed by atoms with van der Waals surface area (Å²) in [6.45, 7) is 7.69. The van der Waals surface area contributed by atoms with Crippen molar-refractivity contribution in [2.24, 2.45) is 5.41 Å². The van der Waals surface area contributed by atoms with Gasteiger partial charge in [-0.05, 0) is 59.2 Å². The van der Waals surface area contributed by atoms with Crippen LogP contribution >= 0.6 is 11.3 Å². The number of alkyl halides is 3. The molecule has 0 bridgehead atoms. The van der Waals surface area contributed by atoms with Gasteiger partial charge in [0, 0.05) is 12.1 Å². The first-order valence-corrected chi connectivity index (χ1v) is 14.8. The molecule has 3 rings (SSSR count). The van der Waals surface area contributed by atoms with Crippen molar-refractivity contribution in [3.05, 3.63) is 23.2 Å². The molecule has 41 heavy (non-hydrogen) atoms. The maximum absolute atomic E-state index is 14.0. The van der Waals surface area contributed by atoms with Gasteiger partial charge in [0.1, 0.15) is 11.9 Å². The number of carbonyl (C=O) groups excluding carboxylic acids is 1. The third-order valence-corrected chi connectivity index (χ3v) is 9.14. The van der Waals surface area contributed by atoms with Crippen LogP contribution in [0.5, 0.6) is 10.8 Å². The third-order valence-electron chi connectivity index (χ3n) is 6.21. The Morgan fingerprint density at radius 3 is 2.44 bits per heavy atom. The summed E-state index contributed by atoms with van der Waals surface area (Å²) in [5, 5.41) is 12.0. The Hall–Kier alpha value is -3.27. The molecule has 0 aliphatic carbocycles. The van der Waals surface area contributed by atoms with Gasteiger partial charge in [-0.3, -0.25) is 14.4 Å². The molecule has 11 nitrogen and oxygen atoms in total. The van der Waals surface area contributed by atoms with Gasteiger partial charge in [0.15, 0.2) is 0 Å². The number of benzene rings is 1. The number of halogens is 3. The molecule has 2 heterocycles. The van der Waals surface area contributed by atoms with Gasteiger partial charge in [0.05, 0.1) is 29.3 Å². The highest BCUT2D eigenvalue weighted by atomic mass is 32.2. The normalized spacial score (nSPS) is 16.0. The summed E-state index contributed by atoms with van der Waals surface area (Å²) >= 11 is 1.08. The molecule has 1 aromatic heterocycles. The number of rotatable bonds is 10. The van der Waals surface area contributed by atoms with Crippen molar-refractivity contribution in [1.82, 2.24) is 4.98 Å². The molecule has 0 fully saturated rings. The number of nitrogens with zero attached hydrogens (tertiary/aromatic N) is 2. The van der Waals surface area contributed by atoms with Crippen LogP contribution in [0.1, 0.15) is 53.0 Å². The Kier molecular flexibility index (Phi) is 9.08. The van der Waals surface area contributed by atoms with Crippen molar-refractivity contribution in [2.75, 3.05) is 22.8 Å². The zero-order valence-electron chi connectivity index (χ0n) is 23.3. The molecule has 1 aliphatic rings. The van der Waals surface area contributed by atoms with Gasteiger partial charge < -0.3 is 19.3 Å². The molecule has 228 valence electrons. The van der Waals surface area contributed by atoms with E-state index in [0.29, 0.717) is 25.3 Å². The maximum Gasteiger partial charge on any atom is 0.427 e. The molecule has 0 saturated heterocycles. The minimum absolute atomic E-state index is 0.0456. The van der Waals surface area contributed by atoms with E-state index in [9.17, 15) is 36.3 Å². The largest absolute Gasteiger partial charge is 0.486 e. The number of hydrogen-bond donors (Lipinski definition) is 2. The van der Waals surface area contributed by atoms with Crippen molar-refractivity contribution >= 4 is 44.8 Å². The Labute approximate surface area is 239 Å². The zero-order valence-corrected chi connectivity index (χ0v) is 24.9. The molecule has 1 aromatic carbocycles. The predicted molar refractivity (Wildman–Crippen MR) is 144 cm³/mol. The van der Waals surface area contributed by atoms with E-state index in [4.69, 9.17) is 9.47 Å². The molecule has 0 spiro atoms. The Bertz CT molecular complexity index is 1410. The Morgan fingerprint density at radius 2 is 1.88 bits per heavy atom.